The van der Waals surface area contributed by atoms with E-state index < -0.39 is 0 Å². The van der Waals surface area contributed by atoms with E-state index >= 15 is 0 Å². The lowest BCUT2D eigenvalue weighted by molar-refractivity contribution is 0.589. The topological polar surface area (TPSA) is 4.93 Å². The molecule has 0 unspecified atom stereocenters. The summed E-state index contributed by atoms with van der Waals surface area (Å²) in [5.74, 6) is 0. The molecule has 0 saturated carbocycles. The van der Waals surface area contributed by atoms with Crippen molar-refractivity contribution in [2.45, 2.75) is 33.7 Å². The molecule has 0 spiro atoms. The molecule has 0 aliphatic heterocycles. The SMILES string of the molecule is Cc1cn(C(C)C)c(C)c1-c1ccc(Cl)cc1. The molecule has 90 valence electrons. The van der Waals surface area contributed by atoms with Crippen LogP contribution < -0.4 is 0 Å². The van der Waals surface area contributed by atoms with Crippen molar-refractivity contribution in [3.05, 3.63) is 46.7 Å². The summed E-state index contributed by atoms with van der Waals surface area (Å²) in [6, 6.07) is 8.56. The number of hydrogen-bond donors (Lipinski definition) is 0. The zero-order chi connectivity index (χ0) is 12.6. The maximum atomic E-state index is 5.93. The minimum atomic E-state index is 0.495. The first-order valence-electron chi connectivity index (χ1n) is 5.94. The fraction of sp³-hybridized carbons (Fsp3) is 0.333. The van der Waals surface area contributed by atoms with Gasteiger partial charge in [-0.2, -0.15) is 0 Å². The van der Waals surface area contributed by atoms with Gasteiger partial charge in [-0.05, 0) is 51.0 Å². The molecule has 2 aromatic rings. The minimum Gasteiger partial charge on any atom is -0.348 e. The highest BCUT2D eigenvalue weighted by Crippen LogP contribution is 2.31. The van der Waals surface area contributed by atoms with Crippen molar-refractivity contribution >= 4 is 11.6 Å². The van der Waals surface area contributed by atoms with Gasteiger partial charge in [0, 0.05) is 28.5 Å². The van der Waals surface area contributed by atoms with Gasteiger partial charge >= 0.3 is 0 Å². The quantitative estimate of drug-likeness (QED) is 0.703. The molecule has 0 radical (unpaired) electrons. The van der Waals surface area contributed by atoms with Crippen molar-refractivity contribution in [3.63, 3.8) is 0 Å². The Morgan fingerprint density at radius 1 is 1.06 bits per heavy atom. The van der Waals surface area contributed by atoms with E-state index in [0.717, 1.165) is 5.02 Å². The fourth-order valence-corrected chi connectivity index (χ4v) is 2.50. The summed E-state index contributed by atoms with van der Waals surface area (Å²) < 4.78 is 2.32. The predicted octanol–water partition coefficient (Wildman–Crippen LogP) is 5.01. The molecule has 0 aliphatic rings. The lowest BCUT2D eigenvalue weighted by atomic mass is 10.0. The molecule has 0 aliphatic carbocycles. The normalized spacial score (nSPS) is 11.2. The minimum absolute atomic E-state index is 0.495. The van der Waals surface area contributed by atoms with Gasteiger partial charge in [-0.3, -0.25) is 0 Å². The van der Waals surface area contributed by atoms with E-state index in [4.69, 9.17) is 11.6 Å². The lowest BCUT2D eigenvalue weighted by Gasteiger charge is -2.11. The number of benzene rings is 1. The fourth-order valence-electron chi connectivity index (χ4n) is 2.37. The van der Waals surface area contributed by atoms with Gasteiger partial charge in [0.2, 0.25) is 0 Å². The van der Waals surface area contributed by atoms with E-state index in [1.165, 1.54) is 22.4 Å². The molecule has 2 rings (SSSR count). The Morgan fingerprint density at radius 2 is 1.65 bits per heavy atom. The Kier molecular flexibility index (Phi) is 3.30. The molecule has 1 aromatic heterocycles. The van der Waals surface area contributed by atoms with Crippen molar-refractivity contribution < 1.29 is 0 Å². The number of nitrogens with zero attached hydrogens (tertiary/aromatic N) is 1. The average molecular weight is 248 g/mol. The van der Waals surface area contributed by atoms with Crippen LogP contribution in [0.5, 0.6) is 0 Å². The van der Waals surface area contributed by atoms with Gasteiger partial charge in [-0.15, -0.1) is 0 Å². The third-order valence-corrected chi connectivity index (χ3v) is 3.42. The summed E-state index contributed by atoms with van der Waals surface area (Å²) in [5.41, 5.74) is 5.21. The summed E-state index contributed by atoms with van der Waals surface area (Å²) in [6.45, 7) is 8.75. The van der Waals surface area contributed by atoms with Crippen LogP contribution >= 0.6 is 11.6 Å². The first kappa shape index (κ1) is 12.3. The van der Waals surface area contributed by atoms with E-state index in [2.05, 4.69) is 50.6 Å². The van der Waals surface area contributed by atoms with Crippen molar-refractivity contribution in [3.8, 4) is 11.1 Å². The largest absolute Gasteiger partial charge is 0.348 e. The van der Waals surface area contributed by atoms with Crippen molar-refractivity contribution in [2.24, 2.45) is 0 Å². The summed E-state index contributed by atoms with van der Waals surface area (Å²) in [7, 11) is 0. The van der Waals surface area contributed by atoms with E-state index in [1.54, 1.807) is 0 Å². The van der Waals surface area contributed by atoms with Crippen LogP contribution in [0, 0.1) is 13.8 Å². The molecule has 1 heterocycles. The summed E-state index contributed by atoms with van der Waals surface area (Å²) in [4.78, 5) is 0. The molecule has 0 N–H and O–H groups in total. The van der Waals surface area contributed by atoms with Gasteiger partial charge in [0.15, 0.2) is 0 Å². The Hall–Kier alpha value is -1.21. The number of aromatic nitrogens is 1. The van der Waals surface area contributed by atoms with Crippen LogP contribution in [0.1, 0.15) is 31.1 Å². The van der Waals surface area contributed by atoms with Crippen LogP contribution in [0.25, 0.3) is 11.1 Å². The highest BCUT2D eigenvalue weighted by Gasteiger charge is 2.12. The molecule has 0 fully saturated rings. The molecular formula is C15H18ClN. The van der Waals surface area contributed by atoms with Crippen LogP contribution in [-0.2, 0) is 0 Å². The molecule has 0 amide bonds. The van der Waals surface area contributed by atoms with Crippen LogP contribution in [-0.4, -0.2) is 4.57 Å². The number of halogens is 1. The third kappa shape index (κ3) is 2.25. The zero-order valence-electron chi connectivity index (χ0n) is 10.8. The average Bonchev–Trinajstić information content (AvgIpc) is 2.56. The molecule has 2 heteroatoms. The Balaban J connectivity index is 2.56. The van der Waals surface area contributed by atoms with Crippen LogP contribution in [0.4, 0.5) is 0 Å². The van der Waals surface area contributed by atoms with Crippen molar-refractivity contribution in [1.29, 1.82) is 0 Å². The monoisotopic (exact) mass is 247 g/mol. The second-order valence-electron chi connectivity index (χ2n) is 4.78. The van der Waals surface area contributed by atoms with E-state index in [0.29, 0.717) is 6.04 Å². The van der Waals surface area contributed by atoms with Crippen LogP contribution in [0.3, 0.4) is 0 Å². The Morgan fingerprint density at radius 3 is 2.12 bits per heavy atom. The molecule has 0 saturated heterocycles. The van der Waals surface area contributed by atoms with Crippen molar-refractivity contribution in [2.75, 3.05) is 0 Å². The van der Waals surface area contributed by atoms with Gasteiger partial charge in [0.25, 0.3) is 0 Å². The maximum Gasteiger partial charge on any atom is 0.0406 e. The van der Waals surface area contributed by atoms with E-state index in [9.17, 15) is 0 Å². The van der Waals surface area contributed by atoms with Crippen LogP contribution in [0.2, 0.25) is 5.02 Å². The Bertz CT molecular complexity index is 521. The van der Waals surface area contributed by atoms with E-state index in [-0.39, 0.29) is 0 Å². The number of aryl methyl sites for hydroxylation is 1. The predicted molar refractivity (Wildman–Crippen MR) is 74.7 cm³/mol. The smallest absolute Gasteiger partial charge is 0.0406 e. The third-order valence-electron chi connectivity index (χ3n) is 3.17. The lowest BCUT2D eigenvalue weighted by Crippen LogP contribution is -2.00. The molecule has 17 heavy (non-hydrogen) atoms. The van der Waals surface area contributed by atoms with Gasteiger partial charge < -0.3 is 4.57 Å². The first-order valence-corrected chi connectivity index (χ1v) is 6.32. The number of rotatable bonds is 2. The molecule has 0 atom stereocenters. The van der Waals surface area contributed by atoms with Gasteiger partial charge in [0.05, 0.1) is 0 Å². The zero-order valence-corrected chi connectivity index (χ0v) is 11.5. The molecular weight excluding hydrogens is 230 g/mol. The highest BCUT2D eigenvalue weighted by molar-refractivity contribution is 6.30. The number of hydrogen-bond acceptors (Lipinski definition) is 0. The van der Waals surface area contributed by atoms with Crippen molar-refractivity contribution in [1.82, 2.24) is 4.57 Å². The molecule has 1 aromatic carbocycles. The molecule has 0 bridgehead atoms. The molecule has 1 nitrogen and oxygen atoms in total. The first-order chi connectivity index (χ1) is 8.00. The van der Waals surface area contributed by atoms with Crippen LogP contribution in [0.15, 0.2) is 30.5 Å². The highest BCUT2D eigenvalue weighted by atomic mass is 35.5. The summed E-state index contributed by atoms with van der Waals surface area (Å²) in [6.07, 6.45) is 2.23. The van der Waals surface area contributed by atoms with Gasteiger partial charge in [-0.25, -0.2) is 0 Å². The second kappa shape index (κ2) is 4.58. The summed E-state index contributed by atoms with van der Waals surface area (Å²) >= 11 is 5.93. The van der Waals surface area contributed by atoms with Gasteiger partial charge in [-0.1, -0.05) is 23.7 Å². The second-order valence-corrected chi connectivity index (χ2v) is 5.22. The Labute approximate surface area is 108 Å². The standard InChI is InChI=1S/C15H18ClN/c1-10(2)17-9-11(3)15(12(17)4)13-5-7-14(16)8-6-13/h5-10H,1-4H3. The van der Waals surface area contributed by atoms with E-state index in [1.807, 2.05) is 12.1 Å². The summed E-state index contributed by atoms with van der Waals surface area (Å²) in [5, 5.41) is 0.785. The van der Waals surface area contributed by atoms with Gasteiger partial charge in [0.1, 0.15) is 0 Å². The maximum absolute atomic E-state index is 5.93.